The van der Waals surface area contributed by atoms with Gasteiger partial charge in [-0.1, -0.05) is 76.2 Å². The summed E-state index contributed by atoms with van der Waals surface area (Å²) in [6.45, 7) is 16.9. The van der Waals surface area contributed by atoms with Gasteiger partial charge in [0.25, 0.3) is 11.8 Å². The number of Topliss-reactive ketones (excluding diaryl/α,β-unsaturated/α-hetero) is 2. The lowest BCUT2D eigenvalue weighted by Gasteiger charge is -2.40. The predicted molar refractivity (Wildman–Crippen MR) is 240 cm³/mol. The Labute approximate surface area is 375 Å². The molecule has 4 heterocycles. The monoisotopic (exact) mass is 894 g/mol. The molecule has 2 saturated heterocycles. The summed E-state index contributed by atoms with van der Waals surface area (Å²) in [5, 5.41) is 10.3. The molecule has 64 heavy (non-hydrogen) atoms. The van der Waals surface area contributed by atoms with Gasteiger partial charge in [0.2, 0.25) is 0 Å². The Kier molecular flexibility index (Phi) is 18.5. The number of allylic oxidation sites excluding steroid dienone is 2. The predicted octanol–water partition coefficient (Wildman–Crippen LogP) is 8.51. The van der Waals surface area contributed by atoms with E-state index in [-0.39, 0.29) is 41.3 Å². The van der Waals surface area contributed by atoms with Crippen molar-refractivity contribution in [3.63, 3.8) is 0 Å². The maximum absolute atomic E-state index is 13.0. The van der Waals surface area contributed by atoms with E-state index in [1.807, 2.05) is 74.2 Å². The molecule has 2 aromatic rings. The van der Waals surface area contributed by atoms with E-state index in [9.17, 15) is 37.1 Å². The van der Waals surface area contributed by atoms with Gasteiger partial charge in [-0.05, 0) is 125 Å². The number of ether oxygens (including phenoxy) is 1. The van der Waals surface area contributed by atoms with Crippen LogP contribution >= 0.6 is 0 Å². The summed E-state index contributed by atoms with van der Waals surface area (Å²) in [5.74, 6) is -1.47. The van der Waals surface area contributed by atoms with Crippen LogP contribution in [0.25, 0.3) is 0 Å². The molecule has 4 aliphatic heterocycles. The van der Waals surface area contributed by atoms with Gasteiger partial charge in [0.1, 0.15) is 11.4 Å². The normalized spacial score (nSPS) is 18.8. The number of rotatable bonds is 14. The Hall–Kier alpha value is -5.31. The van der Waals surface area contributed by atoms with Gasteiger partial charge in [-0.2, -0.15) is 13.2 Å². The van der Waals surface area contributed by atoms with Crippen molar-refractivity contribution in [1.82, 2.24) is 10.2 Å². The topological polar surface area (TPSA) is 154 Å². The van der Waals surface area contributed by atoms with Crippen molar-refractivity contribution in [2.45, 2.75) is 124 Å². The van der Waals surface area contributed by atoms with Crippen LogP contribution < -0.4 is 15.1 Å². The fourth-order valence-corrected chi connectivity index (χ4v) is 8.04. The Balaban J connectivity index is 0.000000249. The van der Waals surface area contributed by atoms with Crippen LogP contribution in [0.3, 0.4) is 0 Å². The minimum Gasteiger partial charge on any atom is -0.475 e. The van der Waals surface area contributed by atoms with E-state index in [4.69, 9.17) is 14.6 Å². The highest BCUT2D eigenvalue weighted by atomic mass is 19.4. The third-order valence-electron chi connectivity index (χ3n) is 11.3. The second-order valence-corrected chi connectivity index (χ2v) is 18.7. The largest absolute Gasteiger partial charge is 0.490 e. The molecule has 0 bridgehead atoms. The van der Waals surface area contributed by atoms with Crippen molar-refractivity contribution < 1.29 is 51.8 Å². The van der Waals surface area contributed by atoms with Crippen LogP contribution in [0, 0.1) is 23.7 Å². The number of carboxylic acid groups (broad SMARTS) is 1. The first kappa shape index (κ1) is 51.3. The lowest BCUT2D eigenvalue weighted by molar-refractivity contribution is -0.192. The number of aliphatic carboxylic acids is 1. The summed E-state index contributed by atoms with van der Waals surface area (Å²) in [6.07, 6.45) is 7.61. The number of hydrogen-bond donors (Lipinski definition) is 2. The van der Waals surface area contributed by atoms with Gasteiger partial charge < -0.3 is 25.0 Å². The van der Waals surface area contributed by atoms with E-state index in [0.29, 0.717) is 44.2 Å². The molecule has 12 nitrogen and oxygen atoms in total. The van der Waals surface area contributed by atoms with Gasteiger partial charge in [0.15, 0.2) is 5.78 Å². The van der Waals surface area contributed by atoms with Gasteiger partial charge in [-0.3, -0.25) is 24.1 Å². The number of carboxylic acids is 1. The number of nitrogens with one attached hydrogen (secondary N) is 1. The molecule has 2 N–H and O–H groups in total. The standard InChI is InChI=1S/C26H36N2O4.C21H28N2O2.C2HF3O2/c1-18(2)16-19(10-11-24(30)27-14-12-20-8-6-7-9-21(20)27)17-23(29)22-13-15-28(22)25(31)32-26(3,4)5;1-15(2)13-16(14-20(24)18-9-11-22-18)7-8-21(25)23-12-10-17-5-3-4-6-19(17)23;3-2(4,5)1(6)7/h6-11,18-19,22H,12-17H2,1-5H3;3-8,15-16,18,22H,9-14H2,1-2H3;(H,6,7)/b11-10+;8-7+;/t19-,22+;16-,18+;/m11./s1. The van der Waals surface area contributed by atoms with Crippen molar-refractivity contribution in [1.29, 1.82) is 0 Å². The van der Waals surface area contributed by atoms with Crippen LogP contribution in [0.4, 0.5) is 29.3 Å². The summed E-state index contributed by atoms with van der Waals surface area (Å²) in [6, 6.07) is 15.7. The van der Waals surface area contributed by atoms with Crippen molar-refractivity contribution in [3.05, 3.63) is 84.0 Å². The molecule has 3 amide bonds. The van der Waals surface area contributed by atoms with Crippen LogP contribution in [0.5, 0.6) is 0 Å². The summed E-state index contributed by atoms with van der Waals surface area (Å²) < 4.78 is 37.2. The molecular weight excluding hydrogens is 830 g/mol. The van der Waals surface area contributed by atoms with Crippen molar-refractivity contribution in [2.75, 3.05) is 36.0 Å². The first-order chi connectivity index (χ1) is 30.0. The molecule has 0 saturated carbocycles. The van der Waals surface area contributed by atoms with Crippen molar-refractivity contribution in [3.8, 4) is 0 Å². The van der Waals surface area contributed by atoms with Crippen LogP contribution in [-0.4, -0.2) is 95.5 Å². The number of para-hydroxylation sites is 2. The van der Waals surface area contributed by atoms with E-state index in [1.54, 1.807) is 17.1 Å². The lowest BCUT2D eigenvalue weighted by atomic mass is 9.87. The average Bonchev–Trinajstić information content (AvgIpc) is 3.79. The fourth-order valence-electron chi connectivity index (χ4n) is 8.04. The number of carbonyl (C=O) groups is 6. The molecule has 0 radical (unpaired) electrons. The first-order valence-corrected chi connectivity index (χ1v) is 22.3. The number of amides is 3. The Morgan fingerprint density at radius 2 is 1.17 bits per heavy atom. The molecule has 0 spiro atoms. The zero-order valence-corrected chi connectivity index (χ0v) is 38.2. The van der Waals surface area contributed by atoms with E-state index in [1.165, 1.54) is 16.0 Å². The molecule has 4 aliphatic rings. The molecule has 350 valence electrons. The highest BCUT2D eigenvalue weighted by Gasteiger charge is 2.40. The Morgan fingerprint density at radius 3 is 1.53 bits per heavy atom. The number of nitrogens with zero attached hydrogens (tertiary/aromatic N) is 3. The van der Waals surface area contributed by atoms with E-state index < -0.39 is 29.9 Å². The Bertz CT molecular complexity index is 2020. The van der Waals surface area contributed by atoms with Crippen LogP contribution in [0.2, 0.25) is 0 Å². The maximum atomic E-state index is 13.0. The van der Waals surface area contributed by atoms with E-state index >= 15 is 0 Å². The van der Waals surface area contributed by atoms with Crippen LogP contribution in [-0.2, 0) is 41.6 Å². The number of hydrogen-bond acceptors (Lipinski definition) is 8. The van der Waals surface area contributed by atoms with Gasteiger partial charge in [-0.25, -0.2) is 9.59 Å². The number of alkyl halides is 3. The number of fused-ring (bicyclic) bond motifs is 2. The molecule has 2 fully saturated rings. The van der Waals surface area contributed by atoms with Gasteiger partial charge in [0, 0.05) is 43.9 Å². The zero-order valence-electron chi connectivity index (χ0n) is 38.2. The molecule has 15 heteroatoms. The molecule has 0 aliphatic carbocycles. The third-order valence-corrected chi connectivity index (χ3v) is 11.3. The van der Waals surface area contributed by atoms with Crippen molar-refractivity contribution in [2.24, 2.45) is 23.7 Å². The summed E-state index contributed by atoms with van der Waals surface area (Å²) in [5.41, 5.74) is 3.83. The first-order valence-electron chi connectivity index (χ1n) is 22.3. The summed E-state index contributed by atoms with van der Waals surface area (Å²) in [4.78, 5) is 77.2. The number of carbonyl (C=O) groups excluding carboxylic acids is 5. The van der Waals surface area contributed by atoms with Crippen molar-refractivity contribution >= 4 is 46.8 Å². The Morgan fingerprint density at radius 1 is 0.734 bits per heavy atom. The van der Waals surface area contributed by atoms with Gasteiger partial charge >= 0.3 is 18.2 Å². The SMILES string of the molecule is CC(C)C[C@@H](/C=C/C(=O)N1CCc2ccccc21)CC(=O)[C@@H]1CCN1.CC(C)C[C@@H](/C=C/C(=O)N1CCc2ccccc21)CC(=O)[C@@H]1CCN1C(=O)OC(C)(C)C.O=C(O)C(F)(F)F. The number of halogens is 3. The summed E-state index contributed by atoms with van der Waals surface area (Å²) in [7, 11) is 0. The average molecular weight is 895 g/mol. The molecule has 6 rings (SSSR count). The second-order valence-electron chi connectivity index (χ2n) is 18.7. The second kappa shape index (κ2) is 23.0. The highest BCUT2D eigenvalue weighted by Crippen LogP contribution is 2.31. The summed E-state index contributed by atoms with van der Waals surface area (Å²) >= 11 is 0. The number of benzene rings is 2. The minimum atomic E-state index is -5.08. The number of anilines is 2. The van der Waals surface area contributed by atoms with E-state index in [2.05, 4.69) is 45.1 Å². The molecule has 0 aromatic heterocycles. The molecular formula is C49H65F3N4O8. The molecule has 4 atom stereocenters. The maximum Gasteiger partial charge on any atom is 0.490 e. The highest BCUT2D eigenvalue weighted by molar-refractivity contribution is 6.03. The number of likely N-dealkylation sites (tertiary alicyclic amines) is 1. The third kappa shape index (κ3) is 15.4. The molecule has 2 aromatic carbocycles. The fraction of sp³-hybridized carbons (Fsp3) is 0.551. The quantitative estimate of drug-likeness (QED) is 0.178. The van der Waals surface area contributed by atoms with Crippen LogP contribution in [0.1, 0.15) is 98.1 Å². The van der Waals surface area contributed by atoms with Crippen LogP contribution in [0.15, 0.2) is 72.8 Å². The van der Waals surface area contributed by atoms with E-state index in [0.717, 1.165) is 56.6 Å². The zero-order chi connectivity index (χ0) is 47.4. The smallest absolute Gasteiger partial charge is 0.475 e. The number of ketones is 2. The minimum absolute atomic E-state index is 0.0212. The molecule has 0 unspecified atom stereocenters. The van der Waals surface area contributed by atoms with Gasteiger partial charge in [-0.15, -0.1) is 0 Å². The van der Waals surface area contributed by atoms with Gasteiger partial charge in [0.05, 0.1) is 12.1 Å². The lowest BCUT2D eigenvalue weighted by Crippen LogP contribution is -2.56.